The van der Waals surface area contributed by atoms with E-state index in [9.17, 15) is 9.59 Å². The van der Waals surface area contributed by atoms with E-state index in [2.05, 4.69) is 5.32 Å². The Balaban J connectivity index is 2.81. The number of anilines is 1. The number of amides is 2. The molecule has 21 heavy (non-hydrogen) atoms. The fraction of sp³-hybridized carbons (Fsp3) is 0.400. The summed E-state index contributed by atoms with van der Waals surface area (Å²) in [5, 5.41) is 11.6. The first-order chi connectivity index (χ1) is 9.85. The normalized spacial score (nSPS) is 12.0. The molecule has 0 saturated carbocycles. The van der Waals surface area contributed by atoms with Gasteiger partial charge in [0.25, 0.3) is 0 Å². The second kappa shape index (κ2) is 7.41. The van der Waals surface area contributed by atoms with E-state index >= 15 is 0 Å². The summed E-state index contributed by atoms with van der Waals surface area (Å²) < 4.78 is 0. The highest BCUT2D eigenvalue weighted by Crippen LogP contribution is 2.12. The monoisotopic (exact) mass is 288 g/mol. The molecule has 6 nitrogen and oxygen atoms in total. The van der Waals surface area contributed by atoms with Gasteiger partial charge < -0.3 is 11.1 Å². The van der Waals surface area contributed by atoms with Crippen molar-refractivity contribution in [2.24, 2.45) is 5.73 Å². The van der Waals surface area contributed by atoms with Crippen molar-refractivity contribution in [3.05, 3.63) is 29.8 Å². The lowest BCUT2D eigenvalue weighted by atomic mass is 10.1. The molecule has 1 unspecified atom stereocenters. The molecule has 0 aromatic heterocycles. The van der Waals surface area contributed by atoms with Crippen LogP contribution in [0.5, 0.6) is 0 Å². The zero-order chi connectivity index (χ0) is 16.0. The predicted octanol–water partition coefficient (Wildman–Crippen LogP) is 1.08. The number of carbonyl (C=O) groups excluding carboxylic acids is 2. The fourth-order valence-corrected chi connectivity index (χ4v) is 2.01. The molecule has 1 aromatic rings. The molecular weight excluding hydrogens is 268 g/mol. The van der Waals surface area contributed by atoms with Gasteiger partial charge in [-0.1, -0.05) is 6.07 Å². The third-order valence-corrected chi connectivity index (χ3v) is 3.14. The molecule has 0 spiro atoms. The minimum Gasteiger partial charge on any atom is -0.369 e. The van der Waals surface area contributed by atoms with Crippen LogP contribution in [0, 0.1) is 11.3 Å². The zero-order valence-electron chi connectivity index (χ0n) is 12.5. The molecule has 0 saturated heterocycles. The highest BCUT2D eigenvalue weighted by atomic mass is 16.2. The third kappa shape index (κ3) is 4.89. The highest BCUT2D eigenvalue weighted by molar-refractivity contribution is 5.95. The number of hydrogen-bond acceptors (Lipinski definition) is 4. The lowest BCUT2D eigenvalue weighted by Gasteiger charge is -2.30. The van der Waals surface area contributed by atoms with Gasteiger partial charge in [0.15, 0.2) is 0 Å². The first kappa shape index (κ1) is 16.7. The summed E-state index contributed by atoms with van der Waals surface area (Å²) in [7, 11) is 0. The third-order valence-electron chi connectivity index (χ3n) is 3.14. The molecule has 6 heteroatoms. The van der Waals surface area contributed by atoms with Gasteiger partial charge in [-0.15, -0.1) is 0 Å². The van der Waals surface area contributed by atoms with Crippen molar-refractivity contribution in [1.82, 2.24) is 4.90 Å². The van der Waals surface area contributed by atoms with Gasteiger partial charge >= 0.3 is 0 Å². The number of hydrogen-bond donors (Lipinski definition) is 2. The lowest BCUT2D eigenvalue weighted by molar-refractivity contribution is -0.124. The van der Waals surface area contributed by atoms with Crippen LogP contribution >= 0.6 is 0 Å². The number of nitrogens with zero attached hydrogens (tertiary/aromatic N) is 2. The van der Waals surface area contributed by atoms with Crippen molar-refractivity contribution in [3.8, 4) is 6.07 Å². The molecule has 3 N–H and O–H groups in total. The quantitative estimate of drug-likeness (QED) is 0.818. The topological polar surface area (TPSA) is 99.2 Å². The van der Waals surface area contributed by atoms with Gasteiger partial charge in [-0.05, 0) is 39.0 Å². The average Bonchev–Trinajstić information content (AvgIpc) is 2.43. The van der Waals surface area contributed by atoms with Crippen LogP contribution in [-0.2, 0) is 9.59 Å². The Morgan fingerprint density at radius 3 is 2.57 bits per heavy atom. The second-order valence-electron chi connectivity index (χ2n) is 5.09. The van der Waals surface area contributed by atoms with Gasteiger partial charge in [-0.25, -0.2) is 0 Å². The maximum atomic E-state index is 12.3. The van der Waals surface area contributed by atoms with Crippen LogP contribution in [0.25, 0.3) is 0 Å². The van der Waals surface area contributed by atoms with Gasteiger partial charge in [-0.3, -0.25) is 14.5 Å². The molecular formula is C15H20N4O2. The minimum absolute atomic E-state index is 0.00342. The molecule has 0 bridgehead atoms. The second-order valence-corrected chi connectivity index (χ2v) is 5.09. The number of nitrogens with one attached hydrogen (secondary N) is 1. The maximum Gasteiger partial charge on any atom is 0.241 e. The standard InChI is InChI=1S/C15H20N4O2/c1-10(2)19(9-14(17)20)11(3)15(21)18-13-6-4-5-12(7-13)8-16/h4-7,10-11H,9H2,1-3H3,(H2,17,20)(H,18,21). The number of nitrogens with two attached hydrogens (primary N) is 1. The zero-order valence-corrected chi connectivity index (χ0v) is 12.5. The van der Waals surface area contributed by atoms with Gasteiger partial charge in [-0.2, -0.15) is 5.26 Å². The smallest absolute Gasteiger partial charge is 0.241 e. The Morgan fingerprint density at radius 2 is 2.05 bits per heavy atom. The van der Waals surface area contributed by atoms with Crippen LogP contribution in [0.1, 0.15) is 26.3 Å². The van der Waals surface area contributed by atoms with E-state index in [4.69, 9.17) is 11.0 Å². The molecule has 0 radical (unpaired) electrons. The molecule has 1 atom stereocenters. The molecule has 1 aromatic carbocycles. The van der Waals surface area contributed by atoms with Crippen molar-refractivity contribution >= 4 is 17.5 Å². The van der Waals surface area contributed by atoms with Gasteiger partial charge in [0.05, 0.1) is 24.2 Å². The number of nitriles is 1. The number of rotatable bonds is 6. The van der Waals surface area contributed by atoms with E-state index in [-0.39, 0.29) is 18.5 Å². The molecule has 1 rings (SSSR count). The van der Waals surface area contributed by atoms with Gasteiger partial charge in [0.2, 0.25) is 11.8 Å². The first-order valence-electron chi connectivity index (χ1n) is 6.70. The van der Waals surface area contributed by atoms with Crippen LogP contribution in [0.2, 0.25) is 0 Å². The highest BCUT2D eigenvalue weighted by Gasteiger charge is 2.25. The Hall–Kier alpha value is -2.39. The Labute approximate surface area is 124 Å². The first-order valence-corrected chi connectivity index (χ1v) is 6.70. The fourth-order valence-electron chi connectivity index (χ4n) is 2.01. The van der Waals surface area contributed by atoms with E-state index in [1.165, 1.54) is 0 Å². The van der Waals surface area contributed by atoms with Crippen LogP contribution in [-0.4, -0.2) is 35.3 Å². The van der Waals surface area contributed by atoms with E-state index in [0.29, 0.717) is 11.3 Å². The van der Waals surface area contributed by atoms with Crippen LogP contribution < -0.4 is 11.1 Å². The molecule has 2 amide bonds. The Kier molecular flexibility index (Phi) is 5.88. The lowest BCUT2D eigenvalue weighted by Crippen LogP contribution is -2.49. The SMILES string of the molecule is CC(C)N(CC(N)=O)C(C)C(=O)Nc1cccc(C#N)c1. The van der Waals surface area contributed by atoms with E-state index < -0.39 is 11.9 Å². The Bertz CT molecular complexity index is 563. The van der Waals surface area contributed by atoms with Crippen molar-refractivity contribution in [3.63, 3.8) is 0 Å². The summed E-state index contributed by atoms with van der Waals surface area (Å²) >= 11 is 0. The summed E-state index contributed by atoms with van der Waals surface area (Å²) in [4.78, 5) is 25.1. The van der Waals surface area contributed by atoms with Crippen LogP contribution in [0.3, 0.4) is 0 Å². The van der Waals surface area contributed by atoms with Crippen LogP contribution in [0.15, 0.2) is 24.3 Å². The number of benzene rings is 1. The summed E-state index contributed by atoms with van der Waals surface area (Å²) in [5.74, 6) is -0.727. The largest absolute Gasteiger partial charge is 0.369 e. The van der Waals surface area contributed by atoms with Crippen molar-refractivity contribution in [1.29, 1.82) is 5.26 Å². The molecule has 0 heterocycles. The van der Waals surface area contributed by atoms with Crippen molar-refractivity contribution in [2.75, 3.05) is 11.9 Å². The summed E-state index contributed by atoms with van der Waals surface area (Å²) in [6.45, 7) is 5.52. The van der Waals surface area contributed by atoms with E-state index in [0.717, 1.165) is 0 Å². The predicted molar refractivity (Wildman–Crippen MR) is 80.3 cm³/mol. The number of primary amides is 1. The molecule has 0 fully saturated rings. The van der Waals surface area contributed by atoms with Crippen molar-refractivity contribution < 1.29 is 9.59 Å². The van der Waals surface area contributed by atoms with E-state index in [1.54, 1.807) is 36.1 Å². The number of carbonyl (C=O) groups is 2. The maximum absolute atomic E-state index is 12.3. The summed E-state index contributed by atoms with van der Waals surface area (Å²) in [5.41, 5.74) is 6.23. The van der Waals surface area contributed by atoms with E-state index in [1.807, 2.05) is 19.9 Å². The minimum atomic E-state index is -0.511. The van der Waals surface area contributed by atoms with Crippen molar-refractivity contribution in [2.45, 2.75) is 32.9 Å². The molecule has 0 aliphatic rings. The molecule has 112 valence electrons. The molecule has 0 aliphatic heterocycles. The van der Waals surface area contributed by atoms with Gasteiger partial charge in [0, 0.05) is 11.7 Å². The summed E-state index contributed by atoms with van der Waals surface area (Å²) in [6.07, 6.45) is 0. The molecule has 0 aliphatic carbocycles. The Morgan fingerprint density at radius 1 is 1.38 bits per heavy atom. The van der Waals surface area contributed by atoms with Crippen LogP contribution in [0.4, 0.5) is 5.69 Å². The average molecular weight is 288 g/mol. The summed E-state index contributed by atoms with van der Waals surface area (Å²) in [6, 6.07) is 8.17. The van der Waals surface area contributed by atoms with Gasteiger partial charge in [0.1, 0.15) is 0 Å².